The minimum absolute atomic E-state index is 0. The summed E-state index contributed by atoms with van der Waals surface area (Å²) in [4.78, 5) is 26.5. The monoisotopic (exact) mass is 394 g/mol. The fraction of sp³-hybridized carbons (Fsp3) is 0.500. The second-order valence-corrected chi connectivity index (χ2v) is 5.41. The van der Waals surface area contributed by atoms with Crippen molar-refractivity contribution in [3.63, 3.8) is 0 Å². The molecule has 0 radical (unpaired) electrons. The van der Waals surface area contributed by atoms with E-state index >= 15 is 0 Å². The third kappa shape index (κ3) is 6.70. The number of piperazine rings is 1. The van der Waals surface area contributed by atoms with Crippen LogP contribution in [0.1, 0.15) is 17.3 Å². The number of nitrogens with zero attached hydrogens (tertiary/aromatic N) is 2. The molecule has 1 aromatic carbocycles. The van der Waals surface area contributed by atoms with Crippen LogP contribution in [0.3, 0.4) is 0 Å². The molecule has 0 spiro atoms. The molecule has 7 nitrogen and oxygen atoms in total. The number of aromatic carboxylic acids is 1. The van der Waals surface area contributed by atoms with Gasteiger partial charge in [-0.15, -0.1) is 24.8 Å². The van der Waals surface area contributed by atoms with Crippen molar-refractivity contribution in [1.82, 2.24) is 4.90 Å². The number of rotatable bonds is 6. The first-order chi connectivity index (χ1) is 11.0. The average Bonchev–Trinajstić information content (AvgIpc) is 2.56. The summed E-state index contributed by atoms with van der Waals surface area (Å²) in [5, 5.41) is 18.7. The highest BCUT2D eigenvalue weighted by atomic mass is 35.5. The number of carbonyl (C=O) groups is 2. The number of esters is 1. The van der Waals surface area contributed by atoms with Crippen LogP contribution in [0.2, 0.25) is 0 Å². The Balaban J connectivity index is 0.00000288. The molecule has 0 saturated carbocycles. The number of hydrogen-bond acceptors (Lipinski definition) is 6. The standard InChI is InChI=1S/C16H22N2O5.2ClH/c1-2-23-16(22)14(19)11-17-7-9-18(10-8-17)13-5-3-12(4-6-13)15(20)21;;/h3-6,14,19H,2,7-11H2,1H3,(H,20,21);2*1H. The second-order valence-electron chi connectivity index (χ2n) is 5.41. The largest absolute Gasteiger partial charge is 0.478 e. The average molecular weight is 395 g/mol. The van der Waals surface area contributed by atoms with E-state index in [-0.39, 0.29) is 43.5 Å². The van der Waals surface area contributed by atoms with Gasteiger partial charge < -0.3 is 19.8 Å². The van der Waals surface area contributed by atoms with Gasteiger partial charge in [0.05, 0.1) is 12.2 Å². The predicted molar refractivity (Wildman–Crippen MR) is 99.2 cm³/mol. The molecule has 9 heteroatoms. The molecule has 25 heavy (non-hydrogen) atoms. The van der Waals surface area contributed by atoms with Crippen molar-refractivity contribution in [3.8, 4) is 0 Å². The molecule has 0 amide bonds. The van der Waals surface area contributed by atoms with Gasteiger partial charge in [0.1, 0.15) is 0 Å². The zero-order chi connectivity index (χ0) is 16.8. The minimum atomic E-state index is -1.11. The molecule has 2 N–H and O–H groups in total. The van der Waals surface area contributed by atoms with Crippen LogP contribution in [0, 0.1) is 0 Å². The Labute approximate surface area is 159 Å². The summed E-state index contributed by atoms with van der Waals surface area (Å²) in [7, 11) is 0. The summed E-state index contributed by atoms with van der Waals surface area (Å²) in [5.41, 5.74) is 1.24. The van der Waals surface area contributed by atoms with Gasteiger partial charge in [0.15, 0.2) is 6.10 Å². The van der Waals surface area contributed by atoms with Crippen molar-refractivity contribution in [2.45, 2.75) is 13.0 Å². The number of β-amino-alcohol motifs (C(OH)–C–C–N with tert-alkyl or cyclic N) is 1. The molecule has 0 aromatic heterocycles. The molecule has 0 bridgehead atoms. The summed E-state index contributed by atoms with van der Waals surface area (Å²) in [6.45, 7) is 5.18. The second kappa shape index (κ2) is 11.1. The lowest BCUT2D eigenvalue weighted by molar-refractivity contribution is -0.154. The predicted octanol–water partition coefficient (Wildman–Crippen LogP) is 1.27. The topological polar surface area (TPSA) is 90.3 Å². The number of benzene rings is 1. The van der Waals surface area contributed by atoms with Crippen molar-refractivity contribution >= 4 is 42.4 Å². The molecule has 1 fully saturated rings. The lowest BCUT2D eigenvalue weighted by atomic mass is 10.2. The molecule has 1 atom stereocenters. The lowest BCUT2D eigenvalue weighted by Gasteiger charge is -2.36. The number of aliphatic hydroxyl groups is 1. The van der Waals surface area contributed by atoms with Crippen molar-refractivity contribution in [2.24, 2.45) is 0 Å². The van der Waals surface area contributed by atoms with Crippen LogP contribution in [0.5, 0.6) is 0 Å². The van der Waals surface area contributed by atoms with E-state index in [9.17, 15) is 14.7 Å². The van der Waals surface area contributed by atoms with Gasteiger partial charge in [-0.05, 0) is 31.2 Å². The van der Waals surface area contributed by atoms with E-state index in [1.165, 1.54) is 0 Å². The van der Waals surface area contributed by atoms with Crippen molar-refractivity contribution in [3.05, 3.63) is 29.8 Å². The van der Waals surface area contributed by atoms with Crippen LogP contribution >= 0.6 is 24.8 Å². The fourth-order valence-electron chi connectivity index (χ4n) is 2.56. The Morgan fingerprint density at radius 3 is 2.16 bits per heavy atom. The number of carbonyl (C=O) groups excluding carboxylic acids is 1. The highest BCUT2D eigenvalue weighted by Gasteiger charge is 2.23. The minimum Gasteiger partial charge on any atom is -0.478 e. The number of aliphatic hydroxyl groups excluding tert-OH is 1. The van der Waals surface area contributed by atoms with Gasteiger partial charge in [0, 0.05) is 38.4 Å². The van der Waals surface area contributed by atoms with Crippen LogP contribution in [0.25, 0.3) is 0 Å². The molecule has 1 aliphatic rings. The molecular formula is C16H24Cl2N2O5. The van der Waals surface area contributed by atoms with Crippen molar-refractivity contribution < 1.29 is 24.5 Å². The molecule has 1 aliphatic heterocycles. The van der Waals surface area contributed by atoms with E-state index in [1.54, 1.807) is 31.2 Å². The summed E-state index contributed by atoms with van der Waals surface area (Å²) >= 11 is 0. The van der Waals surface area contributed by atoms with Crippen LogP contribution in [0.4, 0.5) is 5.69 Å². The van der Waals surface area contributed by atoms with E-state index in [0.717, 1.165) is 31.9 Å². The maximum absolute atomic E-state index is 11.4. The zero-order valence-corrected chi connectivity index (χ0v) is 15.6. The van der Waals surface area contributed by atoms with Crippen LogP contribution < -0.4 is 4.90 Å². The molecule has 2 rings (SSSR count). The van der Waals surface area contributed by atoms with Gasteiger partial charge in [0.2, 0.25) is 0 Å². The quantitative estimate of drug-likeness (QED) is 0.702. The highest BCUT2D eigenvalue weighted by molar-refractivity contribution is 5.88. The number of halogens is 2. The first kappa shape index (κ1) is 23.5. The molecule has 142 valence electrons. The van der Waals surface area contributed by atoms with Crippen molar-refractivity contribution in [1.29, 1.82) is 0 Å². The summed E-state index contributed by atoms with van der Waals surface area (Å²) in [6, 6.07) is 6.78. The Morgan fingerprint density at radius 1 is 1.12 bits per heavy atom. The van der Waals surface area contributed by atoms with Crippen LogP contribution in [-0.2, 0) is 9.53 Å². The number of hydrogen-bond donors (Lipinski definition) is 2. The van der Waals surface area contributed by atoms with Gasteiger partial charge in [-0.3, -0.25) is 4.90 Å². The SMILES string of the molecule is CCOC(=O)C(O)CN1CCN(c2ccc(C(=O)O)cc2)CC1.Cl.Cl. The number of carboxylic acids is 1. The number of carboxylic acid groups (broad SMARTS) is 1. The first-order valence-corrected chi connectivity index (χ1v) is 7.66. The molecule has 1 aromatic rings. The summed E-state index contributed by atoms with van der Waals surface area (Å²) in [5.74, 6) is -1.52. The Kier molecular flexibility index (Phi) is 10.5. The van der Waals surface area contributed by atoms with Crippen molar-refractivity contribution in [2.75, 3.05) is 44.2 Å². The third-order valence-electron chi connectivity index (χ3n) is 3.84. The normalized spacial score (nSPS) is 15.5. The fourth-order valence-corrected chi connectivity index (χ4v) is 2.56. The summed E-state index contributed by atoms with van der Waals surface area (Å²) in [6.07, 6.45) is -1.11. The maximum Gasteiger partial charge on any atom is 0.336 e. The molecule has 0 aliphatic carbocycles. The van der Waals surface area contributed by atoms with E-state index in [2.05, 4.69) is 4.90 Å². The van der Waals surface area contributed by atoms with Crippen LogP contribution in [0.15, 0.2) is 24.3 Å². The van der Waals surface area contributed by atoms with Crippen LogP contribution in [-0.4, -0.2) is 72.5 Å². The maximum atomic E-state index is 11.4. The van der Waals surface area contributed by atoms with E-state index in [0.29, 0.717) is 0 Å². The first-order valence-electron chi connectivity index (χ1n) is 7.66. The van der Waals surface area contributed by atoms with Gasteiger partial charge in [-0.2, -0.15) is 0 Å². The Morgan fingerprint density at radius 2 is 1.68 bits per heavy atom. The molecule has 1 heterocycles. The smallest absolute Gasteiger partial charge is 0.336 e. The van der Waals surface area contributed by atoms with E-state index in [1.807, 2.05) is 4.90 Å². The van der Waals surface area contributed by atoms with Gasteiger partial charge in [-0.1, -0.05) is 0 Å². The van der Waals surface area contributed by atoms with Gasteiger partial charge in [-0.25, -0.2) is 9.59 Å². The van der Waals surface area contributed by atoms with E-state index < -0.39 is 18.0 Å². The third-order valence-corrected chi connectivity index (χ3v) is 3.84. The number of anilines is 1. The van der Waals surface area contributed by atoms with Gasteiger partial charge >= 0.3 is 11.9 Å². The number of ether oxygens (including phenoxy) is 1. The highest BCUT2D eigenvalue weighted by Crippen LogP contribution is 2.17. The Hall–Kier alpha value is -1.54. The molecule has 1 saturated heterocycles. The lowest BCUT2D eigenvalue weighted by Crippen LogP contribution is -2.49. The molecule has 1 unspecified atom stereocenters. The Bertz CT molecular complexity index is 548. The summed E-state index contributed by atoms with van der Waals surface area (Å²) < 4.78 is 4.79. The molecular weight excluding hydrogens is 371 g/mol. The van der Waals surface area contributed by atoms with E-state index in [4.69, 9.17) is 9.84 Å². The zero-order valence-electron chi connectivity index (χ0n) is 14.0. The van der Waals surface area contributed by atoms with Gasteiger partial charge in [0.25, 0.3) is 0 Å².